The number of alkyl halides is 9. The molecule has 0 aliphatic rings. The van der Waals surface area contributed by atoms with Gasteiger partial charge < -0.3 is 5.11 Å². The van der Waals surface area contributed by atoms with Crippen molar-refractivity contribution in [3.8, 4) is 0 Å². The van der Waals surface area contributed by atoms with Gasteiger partial charge in [0.1, 0.15) is 0 Å². The van der Waals surface area contributed by atoms with Gasteiger partial charge in [0.15, 0.2) is 0 Å². The molecule has 1 unspecified atom stereocenters. The van der Waals surface area contributed by atoms with Gasteiger partial charge in [-0.15, -0.1) is 0 Å². The molecule has 0 aromatic rings. The van der Waals surface area contributed by atoms with Crippen molar-refractivity contribution in [3.05, 3.63) is 0 Å². The van der Waals surface area contributed by atoms with Crippen molar-refractivity contribution >= 4 is 0 Å². The van der Waals surface area contributed by atoms with Crippen LogP contribution in [0.25, 0.3) is 0 Å². The maximum atomic E-state index is 13.3. The second kappa shape index (κ2) is 4.17. The van der Waals surface area contributed by atoms with E-state index in [0.29, 0.717) is 13.8 Å². The SMILES string of the molecule is CC(C)(O)CC(F)(C(F)(F)F)C(F)(F)C(F)(F)F. The number of aliphatic hydroxyl groups is 1. The Labute approximate surface area is 95.6 Å². The molecule has 0 heterocycles. The van der Waals surface area contributed by atoms with Gasteiger partial charge in [0.2, 0.25) is 0 Å². The molecule has 0 radical (unpaired) electrons. The molecule has 1 N–H and O–H groups in total. The quantitative estimate of drug-likeness (QED) is 0.788. The smallest absolute Gasteiger partial charge is 0.390 e. The van der Waals surface area contributed by atoms with Crippen LogP contribution in [0.15, 0.2) is 0 Å². The Bertz CT molecular complexity index is 297. The van der Waals surface area contributed by atoms with E-state index in [4.69, 9.17) is 5.11 Å². The minimum absolute atomic E-state index is 0.486. The Morgan fingerprint density at radius 1 is 0.722 bits per heavy atom. The lowest BCUT2D eigenvalue weighted by Crippen LogP contribution is -2.64. The molecule has 18 heavy (non-hydrogen) atoms. The second-order valence-corrected chi connectivity index (χ2v) is 4.36. The van der Waals surface area contributed by atoms with Crippen LogP contribution in [0.2, 0.25) is 0 Å². The van der Waals surface area contributed by atoms with Crippen LogP contribution in [0.5, 0.6) is 0 Å². The van der Waals surface area contributed by atoms with Crippen LogP contribution in [-0.4, -0.2) is 34.7 Å². The van der Waals surface area contributed by atoms with Gasteiger partial charge in [0.05, 0.1) is 5.60 Å². The van der Waals surface area contributed by atoms with Gasteiger partial charge in [0.25, 0.3) is 5.67 Å². The highest BCUT2D eigenvalue weighted by Gasteiger charge is 2.81. The molecule has 0 saturated heterocycles. The Morgan fingerprint density at radius 2 is 1.06 bits per heavy atom. The Morgan fingerprint density at radius 3 is 1.22 bits per heavy atom. The second-order valence-electron chi connectivity index (χ2n) is 4.36. The zero-order valence-electron chi connectivity index (χ0n) is 9.06. The summed E-state index contributed by atoms with van der Waals surface area (Å²) in [7, 11) is 0. The molecule has 0 aromatic heterocycles. The molecule has 1 nitrogen and oxygen atoms in total. The van der Waals surface area contributed by atoms with Gasteiger partial charge >= 0.3 is 18.3 Å². The zero-order chi connectivity index (χ0) is 15.2. The maximum Gasteiger partial charge on any atom is 0.457 e. The standard InChI is InChI=1S/C8H9F9O/c1-4(2,18)3-5(9,7(12,13)14)6(10,11)8(15,16)17/h18H,3H2,1-2H3. The van der Waals surface area contributed by atoms with Gasteiger partial charge in [-0.25, -0.2) is 4.39 Å². The fourth-order valence-electron chi connectivity index (χ4n) is 1.21. The number of rotatable bonds is 3. The molecule has 0 amide bonds. The normalized spacial score (nSPS) is 18.7. The molecule has 0 saturated carbocycles. The maximum absolute atomic E-state index is 13.3. The van der Waals surface area contributed by atoms with Crippen molar-refractivity contribution in [3.63, 3.8) is 0 Å². The Hall–Kier alpha value is -0.670. The fraction of sp³-hybridized carbons (Fsp3) is 1.00. The Balaban J connectivity index is 5.81. The van der Waals surface area contributed by atoms with Gasteiger partial charge in [-0.3, -0.25) is 0 Å². The third-order valence-electron chi connectivity index (χ3n) is 1.98. The number of hydrogen-bond donors (Lipinski definition) is 1. The highest BCUT2D eigenvalue weighted by molar-refractivity contribution is 5.06. The van der Waals surface area contributed by atoms with Crippen LogP contribution in [0.1, 0.15) is 20.3 Å². The third kappa shape index (κ3) is 3.01. The van der Waals surface area contributed by atoms with E-state index in [-0.39, 0.29) is 0 Å². The highest BCUT2D eigenvalue weighted by Crippen LogP contribution is 2.55. The molecule has 110 valence electrons. The first-order valence-corrected chi connectivity index (χ1v) is 4.38. The van der Waals surface area contributed by atoms with Crippen LogP contribution < -0.4 is 0 Å². The minimum Gasteiger partial charge on any atom is -0.390 e. The van der Waals surface area contributed by atoms with Crippen LogP contribution in [0.4, 0.5) is 39.5 Å². The van der Waals surface area contributed by atoms with Gasteiger partial charge in [-0.2, -0.15) is 35.1 Å². The van der Waals surface area contributed by atoms with Crippen LogP contribution in [0, 0.1) is 0 Å². The average molecular weight is 292 g/mol. The number of hydrogen-bond acceptors (Lipinski definition) is 1. The molecular weight excluding hydrogens is 283 g/mol. The van der Waals surface area contributed by atoms with E-state index in [9.17, 15) is 39.5 Å². The summed E-state index contributed by atoms with van der Waals surface area (Å²) in [5.74, 6) is -6.67. The summed E-state index contributed by atoms with van der Waals surface area (Å²) in [6, 6.07) is 0. The van der Waals surface area contributed by atoms with E-state index in [2.05, 4.69) is 0 Å². The predicted octanol–water partition coefficient (Wildman–Crippen LogP) is 3.62. The minimum atomic E-state index is -6.73. The van der Waals surface area contributed by atoms with Gasteiger partial charge in [0, 0.05) is 6.42 Å². The van der Waals surface area contributed by atoms with Crippen molar-refractivity contribution in [1.29, 1.82) is 0 Å². The summed E-state index contributed by atoms with van der Waals surface area (Å²) in [6.45, 7) is 0.971. The molecule has 1 atom stereocenters. The van der Waals surface area contributed by atoms with E-state index in [1.54, 1.807) is 0 Å². The summed E-state index contributed by atoms with van der Waals surface area (Å²) >= 11 is 0. The summed E-state index contributed by atoms with van der Waals surface area (Å²) in [5.41, 5.74) is -8.62. The van der Waals surface area contributed by atoms with Crippen molar-refractivity contribution < 1.29 is 44.6 Å². The fourth-order valence-corrected chi connectivity index (χ4v) is 1.21. The Kier molecular flexibility index (Phi) is 4.02. The van der Waals surface area contributed by atoms with E-state index < -0.39 is 36.0 Å². The first-order valence-electron chi connectivity index (χ1n) is 4.38. The topological polar surface area (TPSA) is 20.2 Å². The molecule has 0 spiro atoms. The molecule has 0 aliphatic heterocycles. The van der Waals surface area contributed by atoms with Crippen molar-refractivity contribution in [2.75, 3.05) is 0 Å². The largest absolute Gasteiger partial charge is 0.457 e. The van der Waals surface area contributed by atoms with E-state index in [1.807, 2.05) is 0 Å². The molecule has 0 aliphatic carbocycles. The van der Waals surface area contributed by atoms with E-state index >= 15 is 0 Å². The first kappa shape index (κ1) is 17.3. The predicted molar refractivity (Wildman–Crippen MR) is 41.8 cm³/mol. The zero-order valence-corrected chi connectivity index (χ0v) is 9.06. The van der Waals surface area contributed by atoms with Crippen LogP contribution >= 0.6 is 0 Å². The average Bonchev–Trinajstić information content (AvgIpc) is 1.95. The monoisotopic (exact) mass is 292 g/mol. The molecule has 0 aromatic carbocycles. The molecule has 0 bridgehead atoms. The summed E-state index contributed by atoms with van der Waals surface area (Å²) in [4.78, 5) is 0. The van der Waals surface area contributed by atoms with Crippen molar-refractivity contribution in [1.82, 2.24) is 0 Å². The summed E-state index contributed by atoms with van der Waals surface area (Å²) in [5, 5.41) is 8.90. The van der Waals surface area contributed by atoms with E-state index in [0.717, 1.165) is 0 Å². The van der Waals surface area contributed by atoms with Crippen LogP contribution in [-0.2, 0) is 0 Å². The highest BCUT2D eigenvalue weighted by atomic mass is 19.4. The summed E-state index contributed by atoms with van der Waals surface area (Å²) < 4.78 is 111. The molecule has 0 rings (SSSR count). The molecule has 10 heteroatoms. The van der Waals surface area contributed by atoms with Gasteiger partial charge in [-0.1, -0.05) is 0 Å². The lowest BCUT2D eigenvalue weighted by atomic mass is 9.84. The summed E-state index contributed by atoms with van der Waals surface area (Å²) in [6.07, 6.45) is -15.7. The lowest BCUT2D eigenvalue weighted by molar-refractivity contribution is -0.389. The molecule has 0 fully saturated rings. The third-order valence-corrected chi connectivity index (χ3v) is 1.98. The van der Waals surface area contributed by atoms with Crippen molar-refractivity contribution in [2.24, 2.45) is 0 Å². The first-order chi connectivity index (χ1) is 7.46. The lowest BCUT2D eigenvalue weighted by Gasteiger charge is -2.38. The molecular formula is C8H9F9O. The number of halogens is 9. The van der Waals surface area contributed by atoms with E-state index in [1.165, 1.54) is 0 Å². The van der Waals surface area contributed by atoms with Gasteiger partial charge in [-0.05, 0) is 13.8 Å². The van der Waals surface area contributed by atoms with Crippen molar-refractivity contribution in [2.45, 2.75) is 49.8 Å². The van der Waals surface area contributed by atoms with Crippen LogP contribution in [0.3, 0.4) is 0 Å².